The SMILES string of the molecule is Fc1ccc(Oc2ccc(I)c(Br)c2)cc1. The molecule has 16 heavy (non-hydrogen) atoms. The summed E-state index contributed by atoms with van der Waals surface area (Å²) in [6, 6.07) is 11.6. The lowest BCUT2D eigenvalue weighted by Gasteiger charge is -2.06. The molecule has 2 aromatic rings. The van der Waals surface area contributed by atoms with E-state index >= 15 is 0 Å². The van der Waals surface area contributed by atoms with Gasteiger partial charge in [0.05, 0.1) is 0 Å². The number of rotatable bonds is 2. The molecule has 4 heteroatoms. The largest absolute Gasteiger partial charge is 0.457 e. The van der Waals surface area contributed by atoms with Crippen LogP contribution < -0.4 is 4.74 Å². The fraction of sp³-hybridized carbons (Fsp3) is 0. The van der Waals surface area contributed by atoms with Gasteiger partial charge in [-0.05, 0) is 81.0 Å². The van der Waals surface area contributed by atoms with E-state index in [1.165, 1.54) is 12.1 Å². The lowest BCUT2D eigenvalue weighted by molar-refractivity contribution is 0.480. The Kier molecular flexibility index (Phi) is 3.81. The first-order chi connectivity index (χ1) is 7.65. The molecule has 2 rings (SSSR count). The molecular weight excluding hydrogens is 386 g/mol. The van der Waals surface area contributed by atoms with Crippen molar-refractivity contribution in [3.05, 3.63) is 56.3 Å². The molecule has 2 aromatic carbocycles. The summed E-state index contributed by atoms with van der Waals surface area (Å²) < 4.78 is 20.3. The van der Waals surface area contributed by atoms with Gasteiger partial charge in [0, 0.05) is 8.04 Å². The van der Waals surface area contributed by atoms with Gasteiger partial charge in [0.1, 0.15) is 17.3 Å². The van der Waals surface area contributed by atoms with Crippen LogP contribution in [0.25, 0.3) is 0 Å². The Hall–Kier alpha value is -0.620. The number of ether oxygens (including phenoxy) is 1. The van der Waals surface area contributed by atoms with Crippen molar-refractivity contribution in [3.63, 3.8) is 0 Å². The third-order valence-electron chi connectivity index (χ3n) is 1.94. The van der Waals surface area contributed by atoms with Crippen molar-refractivity contribution in [1.29, 1.82) is 0 Å². The molecule has 0 aliphatic carbocycles. The Morgan fingerprint density at radius 3 is 2.25 bits per heavy atom. The number of halogens is 3. The summed E-state index contributed by atoms with van der Waals surface area (Å²) in [5.41, 5.74) is 0. The Labute approximate surface area is 115 Å². The van der Waals surface area contributed by atoms with Crippen LogP contribution in [0.4, 0.5) is 4.39 Å². The van der Waals surface area contributed by atoms with Gasteiger partial charge >= 0.3 is 0 Å². The van der Waals surface area contributed by atoms with Crippen LogP contribution >= 0.6 is 38.5 Å². The van der Waals surface area contributed by atoms with Gasteiger partial charge in [-0.15, -0.1) is 0 Å². The second-order valence-corrected chi connectivity index (χ2v) is 5.15. The molecule has 0 aliphatic heterocycles. The van der Waals surface area contributed by atoms with E-state index in [2.05, 4.69) is 38.5 Å². The predicted octanol–water partition coefficient (Wildman–Crippen LogP) is 4.99. The quantitative estimate of drug-likeness (QED) is 0.654. The van der Waals surface area contributed by atoms with E-state index in [9.17, 15) is 4.39 Å². The van der Waals surface area contributed by atoms with Crippen molar-refractivity contribution in [2.45, 2.75) is 0 Å². The van der Waals surface area contributed by atoms with Crippen molar-refractivity contribution in [1.82, 2.24) is 0 Å². The van der Waals surface area contributed by atoms with E-state index in [4.69, 9.17) is 4.74 Å². The minimum atomic E-state index is -0.267. The number of hydrogen-bond acceptors (Lipinski definition) is 1. The Morgan fingerprint density at radius 2 is 1.62 bits per heavy atom. The van der Waals surface area contributed by atoms with Gasteiger partial charge < -0.3 is 4.74 Å². The summed E-state index contributed by atoms with van der Waals surface area (Å²) in [6.07, 6.45) is 0. The molecule has 0 spiro atoms. The van der Waals surface area contributed by atoms with Crippen LogP contribution in [0.5, 0.6) is 11.5 Å². The molecule has 0 radical (unpaired) electrons. The summed E-state index contributed by atoms with van der Waals surface area (Å²) in [4.78, 5) is 0. The lowest BCUT2D eigenvalue weighted by Crippen LogP contribution is -1.85. The molecule has 0 unspecified atom stereocenters. The van der Waals surface area contributed by atoms with Gasteiger partial charge in [-0.1, -0.05) is 0 Å². The minimum absolute atomic E-state index is 0.267. The van der Waals surface area contributed by atoms with Crippen molar-refractivity contribution >= 4 is 38.5 Å². The van der Waals surface area contributed by atoms with Crippen LogP contribution in [0, 0.1) is 9.39 Å². The standard InChI is InChI=1S/C12H7BrFIO/c13-11-7-10(5-6-12(11)15)16-9-3-1-8(14)2-4-9/h1-7H. The molecule has 0 amide bonds. The van der Waals surface area contributed by atoms with Gasteiger partial charge in [0.2, 0.25) is 0 Å². The third kappa shape index (κ3) is 2.95. The molecule has 0 atom stereocenters. The maximum absolute atomic E-state index is 12.7. The first-order valence-corrected chi connectivity index (χ1v) is 6.41. The predicted molar refractivity (Wildman–Crippen MR) is 73.3 cm³/mol. The zero-order chi connectivity index (χ0) is 11.5. The highest BCUT2D eigenvalue weighted by Crippen LogP contribution is 2.27. The Morgan fingerprint density at radius 1 is 1.00 bits per heavy atom. The van der Waals surface area contributed by atoms with Crippen LogP contribution in [0.1, 0.15) is 0 Å². The molecule has 82 valence electrons. The summed E-state index contributed by atoms with van der Waals surface area (Å²) in [5.74, 6) is 1.07. The smallest absolute Gasteiger partial charge is 0.128 e. The second kappa shape index (κ2) is 5.14. The monoisotopic (exact) mass is 392 g/mol. The highest BCUT2D eigenvalue weighted by molar-refractivity contribution is 14.1. The lowest BCUT2D eigenvalue weighted by atomic mass is 10.3. The van der Waals surface area contributed by atoms with Crippen LogP contribution in [0.3, 0.4) is 0 Å². The highest BCUT2D eigenvalue weighted by Gasteiger charge is 2.01. The fourth-order valence-corrected chi connectivity index (χ4v) is 1.87. The molecule has 0 aliphatic rings. The van der Waals surface area contributed by atoms with E-state index < -0.39 is 0 Å². The van der Waals surface area contributed by atoms with Gasteiger partial charge in [0.15, 0.2) is 0 Å². The molecule has 0 bridgehead atoms. The van der Waals surface area contributed by atoms with E-state index in [1.807, 2.05) is 18.2 Å². The van der Waals surface area contributed by atoms with Crippen LogP contribution in [0.2, 0.25) is 0 Å². The topological polar surface area (TPSA) is 9.23 Å². The highest BCUT2D eigenvalue weighted by atomic mass is 127. The van der Waals surface area contributed by atoms with E-state index in [1.54, 1.807) is 12.1 Å². The van der Waals surface area contributed by atoms with Gasteiger partial charge in [-0.3, -0.25) is 0 Å². The van der Waals surface area contributed by atoms with Gasteiger partial charge in [-0.25, -0.2) is 4.39 Å². The summed E-state index contributed by atoms with van der Waals surface area (Å²) in [7, 11) is 0. The van der Waals surface area contributed by atoms with E-state index in [0.29, 0.717) is 5.75 Å². The molecule has 0 saturated heterocycles. The first kappa shape index (κ1) is 11.9. The van der Waals surface area contributed by atoms with Crippen LogP contribution in [-0.2, 0) is 0 Å². The van der Waals surface area contributed by atoms with Crippen molar-refractivity contribution < 1.29 is 9.13 Å². The Balaban J connectivity index is 2.20. The molecular formula is C12H7BrFIO. The zero-order valence-electron chi connectivity index (χ0n) is 8.08. The van der Waals surface area contributed by atoms with Gasteiger partial charge in [-0.2, -0.15) is 0 Å². The maximum atomic E-state index is 12.7. The van der Waals surface area contributed by atoms with Crippen molar-refractivity contribution in [2.24, 2.45) is 0 Å². The van der Waals surface area contributed by atoms with E-state index in [0.717, 1.165) is 13.8 Å². The molecule has 0 fully saturated rings. The summed E-state index contributed by atoms with van der Waals surface area (Å²) in [6.45, 7) is 0. The maximum Gasteiger partial charge on any atom is 0.128 e. The summed E-state index contributed by atoms with van der Waals surface area (Å²) >= 11 is 5.65. The van der Waals surface area contributed by atoms with Crippen molar-refractivity contribution in [2.75, 3.05) is 0 Å². The zero-order valence-corrected chi connectivity index (χ0v) is 11.8. The minimum Gasteiger partial charge on any atom is -0.457 e. The normalized spacial score (nSPS) is 10.2. The van der Waals surface area contributed by atoms with Crippen LogP contribution in [-0.4, -0.2) is 0 Å². The summed E-state index contributed by atoms with van der Waals surface area (Å²) in [5, 5.41) is 0. The molecule has 1 nitrogen and oxygen atoms in total. The second-order valence-electron chi connectivity index (χ2n) is 3.13. The average molecular weight is 393 g/mol. The number of benzene rings is 2. The third-order valence-corrected chi connectivity index (χ3v) is 4.28. The molecule has 0 saturated carbocycles. The molecule has 0 heterocycles. The first-order valence-electron chi connectivity index (χ1n) is 4.53. The average Bonchev–Trinajstić information content (AvgIpc) is 2.27. The fourth-order valence-electron chi connectivity index (χ4n) is 1.18. The van der Waals surface area contributed by atoms with Crippen LogP contribution in [0.15, 0.2) is 46.9 Å². The Bertz CT molecular complexity index is 499. The van der Waals surface area contributed by atoms with Crippen molar-refractivity contribution in [3.8, 4) is 11.5 Å². The molecule has 0 N–H and O–H groups in total. The molecule has 0 aromatic heterocycles. The van der Waals surface area contributed by atoms with E-state index in [-0.39, 0.29) is 5.82 Å². The van der Waals surface area contributed by atoms with Gasteiger partial charge in [0.25, 0.3) is 0 Å². The number of hydrogen-bond donors (Lipinski definition) is 0.